The van der Waals surface area contributed by atoms with Crippen molar-refractivity contribution in [3.05, 3.63) is 34.9 Å². The maximum absolute atomic E-state index is 11.7. The van der Waals surface area contributed by atoms with Gasteiger partial charge < -0.3 is 5.73 Å². The highest BCUT2D eigenvalue weighted by Crippen LogP contribution is 2.11. The molecule has 16 heavy (non-hydrogen) atoms. The highest BCUT2D eigenvalue weighted by atomic mass is 35.5. The smallest absolute Gasteiger partial charge is 0.0485 e. The minimum Gasteiger partial charge on any atom is -0.330 e. The Morgan fingerprint density at radius 1 is 1.12 bits per heavy atom. The van der Waals surface area contributed by atoms with E-state index >= 15 is 0 Å². The van der Waals surface area contributed by atoms with Crippen molar-refractivity contribution in [2.24, 2.45) is 5.73 Å². The molecule has 0 heterocycles. The van der Waals surface area contributed by atoms with Crippen molar-refractivity contribution in [1.82, 2.24) is 0 Å². The third-order valence-corrected chi connectivity index (χ3v) is 3.97. The molecule has 0 radical (unpaired) electrons. The lowest BCUT2D eigenvalue weighted by Crippen LogP contribution is -2.03. The number of halogens is 1. The maximum Gasteiger partial charge on any atom is 0.0485 e. The van der Waals surface area contributed by atoms with Gasteiger partial charge in [-0.15, -0.1) is 0 Å². The van der Waals surface area contributed by atoms with E-state index in [9.17, 15) is 4.21 Å². The van der Waals surface area contributed by atoms with Gasteiger partial charge in [-0.25, -0.2) is 0 Å². The van der Waals surface area contributed by atoms with E-state index in [1.165, 1.54) is 0 Å². The first-order valence-electron chi connectivity index (χ1n) is 5.52. The summed E-state index contributed by atoms with van der Waals surface area (Å²) in [6.07, 6.45) is 3.10. The summed E-state index contributed by atoms with van der Waals surface area (Å²) in [7, 11) is -0.765. The summed E-state index contributed by atoms with van der Waals surface area (Å²) < 4.78 is 11.7. The fourth-order valence-corrected chi connectivity index (χ4v) is 2.78. The zero-order valence-corrected chi connectivity index (χ0v) is 10.9. The monoisotopic (exact) mass is 259 g/mol. The summed E-state index contributed by atoms with van der Waals surface area (Å²) >= 11 is 5.78. The zero-order chi connectivity index (χ0) is 11.8. The molecule has 0 bridgehead atoms. The van der Waals surface area contributed by atoms with Crippen molar-refractivity contribution < 1.29 is 4.21 Å². The summed E-state index contributed by atoms with van der Waals surface area (Å²) in [5.41, 5.74) is 6.48. The average molecular weight is 260 g/mol. The van der Waals surface area contributed by atoms with Crippen LogP contribution in [0, 0.1) is 0 Å². The maximum atomic E-state index is 11.7. The number of hydrogen-bond donors (Lipinski definition) is 1. The van der Waals surface area contributed by atoms with Crippen LogP contribution < -0.4 is 5.73 Å². The Labute approximate surface area is 105 Å². The van der Waals surface area contributed by atoms with Gasteiger partial charge in [0.25, 0.3) is 0 Å². The molecule has 1 rings (SSSR count). The van der Waals surface area contributed by atoms with Crippen LogP contribution in [0.3, 0.4) is 0 Å². The van der Waals surface area contributed by atoms with Crippen molar-refractivity contribution in [1.29, 1.82) is 0 Å². The summed E-state index contributed by atoms with van der Waals surface area (Å²) in [5, 5.41) is 0.720. The van der Waals surface area contributed by atoms with Crippen molar-refractivity contribution >= 4 is 22.4 Å². The minimum atomic E-state index is -0.765. The van der Waals surface area contributed by atoms with Gasteiger partial charge >= 0.3 is 0 Å². The van der Waals surface area contributed by atoms with Crippen molar-refractivity contribution in [2.75, 3.05) is 12.3 Å². The lowest BCUT2D eigenvalue weighted by Gasteiger charge is -2.02. The SMILES string of the molecule is NCCCCCS(=O)Cc1ccc(Cl)cc1. The Morgan fingerprint density at radius 2 is 1.81 bits per heavy atom. The van der Waals surface area contributed by atoms with Crippen LogP contribution in [0.25, 0.3) is 0 Å². The van der Waals surface area contributed by atoms with Gasteiger partial charge in [-0.2, -0.15) is 0 Å². The molecule has 0 spiro atoms. The zero-order valence-electron chi connectivity index (χ0n) is 9.32. The average Bonchev–Trinajstić information content (AvgIpc) is 2.28. The highest BCUT2D eigenvalue weighted by molar-refractivity contribution is 7.84. The molecule has 4 heteroatoms. The second-order valence-corrected chi connectivity index (χ2v) is 5.78. The highest BCUT2D eigenvalue weighted by Gasteiger charge is 2.01. The summed E-state index contributed by atoms with van der Waals surface area (Å²) in [6, 6.07) is 7.53. The second-order valence-electron chi connectivity index (χ2n) is 3.76. The lowest BCUT2D eigenvalue weighted by molar-refractivity contribution is 0.672. The van der Waals surface area contributed by atoms with E-state index in [1.807, 2.05) is 24.3 Å². The van der Waals surface area contributed by atoms with Crippen LogP contribution >= 0.6 is 11.6 Å². The van der Waals surface area contributed by atoms with E-state index in [-0.39, 0.29) is 0 Å². The predicted molar refractivity (Wildman–Crippen MR) is 71.1 cm³/mol. The van der Waals surface area contributed by atoms with Crippen LogP contribution in [0.5, 0.6) is 0 Å². The Bertz CT molecular complexity index is 326. The number of nitrogens with two attached hydrogens (primary N) is 1. The van der Waals surface area contributed by atoms with Gasteiger partial charge in [0, 0.05) is 27.3 Å². The molecule has 2 N–H and O–H groups in total. The van der Waals surface area contributed by atoms with Gasteiger partial charge in [-0.05, 0) is 37.1 Å². The van der Waals surface area contributed by atoms with E-state index in [1.54, 1.807) is 0 Å². The first-order chi connectivity index (χ1) is 7.72. The molecular weight excluding hydrogens is 242 g/mol. The topological polar surface area (TPSA) is 43.1 Å². The molecule has 1 unspecified atom stereocenters. The molecule has 0 amide bonds. The van der Waals surface area contributed by atoms with Crippen molar-refractivity contribution in [2.45, 2.75) is 25.0 Å². The van der Waals surface area contributed by atoms with Crippen LogP contribution in [-0.2, 0) is 16.6 Å². The Balaban J connectivity index is 2.26. The molecule has 1 atom stereocenters. The molecule has 0 fully saturated rings. The Kier molecular flexibility index (Phi) is 6.69. The molecule has 0 saturated carbocycles. The van der Waals surface area contributed by atoms with Crippen LogP contribution in [0.15, 0.2) is 24.3 Å². The number of hydrogen-bond acceptors (Lipinski definition) is 2. The van der Waals surface area contributed by atoms with Crippen molar-refractivity contribution in [3.8, 4) is 0 Å². The van der Waals surface area contributed by atoms with E-state index in [4.69, 9.17) is 17.3 Å². The lowest BCUT2D eigenvalue weighted by atomic mass is 10.2. The molecule has 0 aliphatic heterocycles. The Morgan fingerprint density at radius 3 is 2.44 bits per heavy atom. The summed E-state index contributed by atoms with van der Waals surface area (Å²) in [4.78, 5) is 0. The fraction of sp³-hybridized carbons (Fsp3) is 0.500. The van der Waals surface area contributed by atoms with Crippen LogP contribution in [-0.4, -0.2) is 16.5 Å². The summed E-state index contributed by atoms with van der Waals surface area (Å²) in [6.45, 7) is 0.726. The van der Waals surface area contributed by atoms with Gasteiger partial charge in [0.1, 0.15) is 0 Å². The van der Waals surface area contributed by atoms with E-state index < -0.39 is 10.8 Å². The van der Waals surface area contributed by atoms with Gasteiger partial charge in [0.2, 0.25) is 0 Å². The molecule has 0 aromatic heterocycles. The molecular formula is C12H18ClNOS. The van der Waals surface area contributed by atoms with Gasteiger partial charge in [0.05, 0.1) is 0 Å². The van der Waals surface area contributed by atoms with Gasteiger partial charge in [-0.1, -0.05) is 30.2 Å². The molecule has 0 aliphatic carbocycles. The molecule has 0 aliphatic rings. The quantitative estimate of drug-likeness (QED) is 0.765. The summed E-state index contributed by atoms with van der Waals surface area (Å²) in [5.74, 6) is 1.39. The van der Waals surface area contributed by atoms with E-state index in [2.05, 4.69) is 0 Å². The molecule has 0 saturated heterocycles. The third kappa shape index (κ3) is 5.64. The minimum absolute atomic E-state index is 0.625. The van der Waals surface area contributed by atoms with E-state index in [0.29, 0.717) is 5.75 Å². The molecule has 1 aromatic carbocycles. The largest absolute Gasteiger partial charge is 0.330 e. The van der Waals surface area contributed by atoms with Crippen LogP contribution in [0.2, 0.25) is 5.02 Å². The predicted octanol–water partition coefficient (Wildman–Crippen LogP) is 2.72. The Hall–Kier alpha value is -0.380. The van der Waals surface area contributed by atoms with Gasteiger partial charge in [-0.3, -0.25) is 4.21 Å². The van der Waals surface area contributed by atoms with Crippen LogP contribution in [0.1, 0.15) is 24.8 Å². The molecule has 1 aromatic rings. The van der Waals surface area contributed by atoms with Crippen molar-refractivity contribution in [3.63, 3.8) is 0 Å². The first kappa shape index (κ1) is 13.7. The van der Waals surface area contributed by atoms with Gasteiger partial charge in [0.15, 0.2) is 0 Å². The normalized spacial score (nSPS) is 12.6. The number of rotatable bonds is 7. The second kappa shape index (κ2) is 7.82. The third-order valence-electron chi connectivity index (χ3n) is 2.32. The number of unbranched alkanes of at least 4 members (excludes halogenated alkanes) is 2. The van der Waals surface area contributed by atoms with E-state index in [0.717, 1.165) is 42.1 Å². The standard InChI is InChI=1S/C12H18ClNOS/c13-12-6-4-11(5-7-12)10-16(15)9-3-1-2-8-14/h4-7H,1-3,8-10,14H2. The number of benzene rings is 1. The molecule has 90 valence electrons. The first-order valence-corrected chi connectivity index (χ1v) is 7.38. The fourth-order valence-electron chi connectivity index (χ4n) is 1.42. The van der Waals surface area contributed by atoms with Crippen LogP contribution in [0.4, 0.5) is 0 Å². The molecule has 2 nitrogen and oxygen atoms in total.